The van der Waals surface area contributed by atoms with Crippen LogP contribution in [0.25, 0.3) is 21.5 Å². The summed E-state index contributed by atoms with van der Waals surface area (Å²) in [6.07, 6.45) is 0. The summed E-state index contributed by atoms with van der Waals surface area (Å²) in [5.41, 5.74) is 1.90. The number of aromatic hydroxyl groups is 1. The minimum absolute atomic E-state index is 0.00118. The number of phenols is 1. The second-order valence-corrected chi connectivity index (χ2v) is 8.58. The minimum atomic E-state index is -0.593. The highest BCUT2D eigenvalue weighted by molar-refractivity contribution is 7.99. The number of rotatable bonds is 5. The van der Waals surface area contributed by atoms with Crippen LogP contribution in [0.2, 0.25) is 0 Å². The molecule has 2 heterocycles. The van der Waals surface area contributed by atoms with Crippen molar-refractivity contribution in [3.05, 3.63) is 63.9 Å². The number of carbonyl (C=O) groups is 1. The summed E-state index contributed by atoms with van der Waals surface area (Å²) >= 11 is 2.43. The summed E-state index contributed by atoms with van der Waals surface area (Å²) in [4.78, 5) is 35.9. The molecule has 2 aromatic heterocycles. The normalized spacial score (nSPS) is 10.7. The third-order valence-corrected chi connectivity index (χ3v) is 6.09. The Morgan fingerprint density at radius 3 is 2.77 bits per heavy atom. The molecule has 8 nitrogen and oxygen atoms in total. The Bertz CT molecular complexity index is 1390. The number of H-pyrrole nitrogens is 1. The zero-order valence-corrected chi connectivity index (χ0v) is 17.8. The van der Waals surface area contributed by atoms with Gasteiger partial charge in [-0.1, -0.05) is 29.2 Å². The van der Waals surface area contributed by atoms with E-state index in [1.807, 2.05) is 31.2 Å². The zero-order chi connectivity index (χ0) is 22.0. The van der Waals surface area contributed by atoms with Gasteiger partial charge in [-0.05, 0) is 48.9 Å². The van der Waals surface area contributed by atoms with E-state index in [1.165, 1.54) is 23.5 Å². The summed E-state index contributed by atoms with van der Waals surface area (Å²) in [6, 6.07) is 13.7. The van der Waals surface area contributed by atoms with E-state index in [0.29, 0.717) is 10.7 Å². The fourth-order valence-electron chi connectivity index (χ4n) is 2.83. The number of benzene rings is 2. The predicted molar refractivity (Wildman–Crippen MR) is 120 cm³/mol. The van der Waals surface area contributed by atoms with Gasteiger partial charge in [-0.25, -0.2) is 9.97 Å². The van der Waals surface area contributed by atoms with Crippen molar-refractivity contribution in [2.24, 2.45) is 0 Å². The monoisotopic (exact) mass is 449 g/mol. The van der Waals surface area contributed by atoms with Crippen molar-refractivity contribution < 1.29 is 9.90 Å². The van der Waals surface area contributed by atoms with Gasteiger partial charge in [0.15, 0.2) is 10.3 Å². The van der Waals surface area contributed by atoms with Gasteiger partial charge in [-0.15, -0.1) is 0 Å². The van der Waals surface area contributed by atoms with Crippen molar-refractivity contribution in [3.63, 3.8) is 0 Å². The van der Waals surface area contributed by atoms with E-state index in [9.17, 15) is 20.0 Å². The lowest BCUT2D eigenvalue weighted by Gasteiger charge is -2.06. The van der Waals surface area contributed by atoms with Crippen LogP contribution in [-0.2, 0) is 4.79 Å². The molecule has 0 saturated carbocycles. The van der Waals surface area contributed by atoms with Gasteiger partial charge in [0, 0.05) is 5.56 Å². The summed E-state index contributed by atoms with van der Waals surface area (Å²) in [7, 11) is 0. The second-order valence-electron chi connectivity index (χ2n) is 6.58. The number of nitrogens with one attached hydrogen (secondary N) is 2. The van der Waals surface area contributed by atoms with Gasteiger partial charge in [-0.3, -0.25) is 9.59 Å². The maximum absolute atomic E-state index is 12.4. The maximum atomic E-state index is 12.4. The standard InChI is InChI=1S/C21H15N5O3S2/c1-11-2-7-15-16(8-11)31-21(23-15)24-17(28)10-30-20-25-18(14(9-22)19(29)26-20)12-3-5-13(27)6-4-12/h2-8,27H,10H2,1H3,(H,23,24,28)(H,25,26,29). The molecular weight excluding hydrogens is 434 g/mol. The summed E-state index contributed by atoms with van der Waals surface area (Å²) < 4.78 is 0.986. The molecular formula is C21H15N5O3S2. The van der Waals surface area contributed by atoms with E-state index in [4.69, 9.17) is 0 Å². The molecule has 0 aliphatic heterocycles. The van der Waals surface area contributed by atoms with Crippen molar-refractivity contribution in [2.45, 2.75) is 12.1 Å². The van der Waals surface area contributed by atoms with E-state index in [1.54, 1.807) is 12.1 Å². The van der Waals surface area contributed by atoms with Crippen LogP contribution in [0.3, 0.4) is 0 Å². The van der Waals surface area contributed by atoms with Gasteiger partial charge in [0.2, 0.25) is 5.91 Å². The topological polar surface area (TPSA) is 132 Å². The van der Waals surface area contributed by atoms with Crippen LogP contribution >= 0.6 is 23.1 Å². The summed E-state index contributed by atoms with van der Waals surface area (Å²) in [5, 5.41) is 22.3. The predicted octanol–water partition coefficient (Wildman–Crippen LogP) is 3.66. The molecule has 0 unspecified atom stereocenters. The second kappa shape index (κ2) is 8.59. The largest absolute Gasteiger partial charge is 0.508 e. The number of nitriles is 1. The number of amides is 1. The third kappa shape index (κ3) is 4.58. The number of thioether (sulfide) groups is 1. The molecule has 0 aliphatic carbocycles. The number of hydrogen-bond acceptors (Lipinski definition) is 8. The first-order chi connectivity index (χ1) is 14.9. The molecule has 31 heavy (non-hydrogen) atoms. The summed E-state index contributed by atoms with van der Waals surface area (Å²) in [5.74, 6) is -0.235. The Morgan fingerprint density at radius 2 is 2.03 bits per heavy atom. The lowest BCUT2D eigenvalue weighted by Crippen LogP contribution is -2.17. The summed E-state index contributed by atoms with van der Waals surface area (Å²) in [6.45, 7) is 1.99. The number of fused-ring (bicyclic) bond motifs is 1. The lowest BCUT2D eigenvalue weighted by atomic mass is 10.1. The van der Waals surface area contributed by atoms with E-state index >= 15 is 0 Å². The molecule has 0 atom stereocenters. The van der Waals surface area contributed by atoms with Gasteiger partial charge < -0.3 is 15.4 Å². The fourth-order valence-corrected chi connectivity index (χ4v) is 4.47. The molecule has 154 valence electrons. The first-order valence-corrected chi connectivity index (χ1v) is 10.9. The van der Waals surface area contributed by atoms with Crippen molar-refractivity contribution >= 4 is 44.4 Å². The van der Waals surface area contributed by atoms with E-state index in [2.05, 4.69) is 20.3 Å². The number of aromatic amines is 1. The Labute approximate surface area is 184 Å². The van der Waals surface area contributed by atoms with Crippen LogP contribution in [0.4, 0.5) is 5.13 Å². The van der Waals surface area contributed by atoms with Crippen LogP contribution in [0, 0.1) is 18.3 Å². The highest BCUT2D eigenvalue weighted by Crippen LogP contribution is 2.27. The Kier molecular flexibility index (Phi) is 5.70. The number of anilines is 1. The highest BCUT2D eigenvalue weighted by atomic mass is 32.2. The first kappa shape index (κ1) is 20.6. The molecule has 1 amide bonds. The highest BCUT2D eigenvalue weighted by Gasteiger charge is 2.15. The quantitative estimate of drug-likeness (QED) is 0.313. The van der Waals surface area contributed by atoms with Crippen molar-refractivity contribution in [3.8, 4) is 23.1 Å². The van der Waals surface area contributed by atoms with Crippen LogP contribution in [0.5, 0.6) is 5.75 Å². The molecule has 0 fully saturated rings. The van der Waals surface area contributed by atoms with Gasteiger partial charge in [0.25, 0.3) is 5.56 Å². The SMILES string of the molecule is Cc1ccc2nc(NC(=O)CSc3nc(-c4ccc(O)cc4)c(C#N)c(=O)[nH]3)sc2c1. The molecule has 2 aromatic carbocycles. The molecule has 0 spiro atoms. The Morgan fingerprint density at radius 1 is 1.26 bits per heavy atom. The number of nitrogens with zero attached hydrogens (tertiary/aromatic N) is 3. The zero-order valence-electron chi connectivity index (χ0n) is 16.2. The molecule has 0 bridgehead atoms. The van der Waals surface area contributed by atoms with Crippen molar-refractivity contribution in [1.82, 2.24) is 15.0 Å². The van der Waals surface area contributed by atoms with E-state index in [-0.39, 0.29) is 33.8 Å². The number of phenolic OH excluding ortho intramolecular Hbond substituents is 1. The average Bonchev–Trinajstić information content (AvgIpc) is 3.13. The average molecular weight is 450 g/mol. The van der Waals surface area contributed by atoms with Crippen LogP contribution in [0.15, 0.2) is 52.4 Å². The third-order valence-electron chi connectivity index (χ3n) is 4.28. The van der Waals surface area contributed by atoms with Crippen LogP contribution < -0.4 is 10.9 Å². The number of carbonyl (C=O) groups excluding carboxylic acids is 1. The molecule has 10 heteroatoms. The van der Waals surface area contributed by atoms with Crippen LogP contribution in [0.1, 0.15) is 11.1 Å². The van der Waals surface area contributed by atoms with Gasteiger partial charge >= 0.3 is 0 Å². The smallest absolute Gasteiger partial charge is 0.270 e. The van der Waals surface area contributed by atoms with Gasteiger partial charge in [0.05, 0.1) is 21.7 Å². The lowest BCUT2D eigenvalue weighted by molar-refractivity contribution is -0.113. The number of thiazole rings is 1. The van der Waals surface area contributed by atoms with Crippen molar-refractivity contribution in [2.75, 3.05) is 11.1 Å². The molecule has 4 rings (SSSR count). The van der Waals surface area contributed by atoms with E-state index < -0.39 is 5.56 Å². The minimum Gasteiger partial charge on any atom is -0.508 e. The molecule has 0 radical (unpaired) electrons. The van der Waals surface area contributed by atoms with E-state index in [0.717, 1.165) is 27.5 Å². The van der Waals surface area contributed by atoms with Crippen molar-refractivity contribution in [1.29, 1.82) is 5.26 Å². The maximum Gasteiger partial charge on any atom is 0.270 e. The number of aromatic nitrogens is 3. The van der Waals surface area contributed by atoms with Gasteiger partial charge in [-0.2, -0.15) is 5.26 Å². The Balaban J connectivity index is 1.51. The molecule has 0 aliphatic rings. The molecule has 3 N–H and O–H groups in total. The molecule has 4 aromatic rings. The van der Waals surface area contributed by atoms with Gasteiger partial charge in [0.1, 0.15) is 17.4 Å². The first-order valence-electron chi connectivity index (χ1n) is 9.06. The number of hydrogen-bond donors (Lipinski definition) is 3. The van der Waals surface area contributed by atoms with Crippen LogP contribution in [-0.4, -0.2) is 31.7 Å². The Hall–Kier alpha value is -3.68. The fraction of sp³-hybridized carbons (Fsp3) is 0.0952. The molecule has 0 saturated heterocycles. The number of aryl methyl sites for hydroxylation is 1.